The Kier molecular flexibility index (Phi) is 2.30. The Balaban J connectivity index is 2.57. The topological polar surface area (TPSA) is 28.7 Å². The monoisotopic (exact) mass is 206 g/mol. The SMILES string of the molecule is Cc1c[nH]c(-c2cccc(Cl)c2C)n1. The van der Waals surface area contributed by atoms with Crippen LogP contribution in [0.2, 0.25) is 5.02 Å². The third-order valence-electron chi connectivity index (χ3n) is 2.23. The molecule has 1 aromatic heterocycles. The molecule has 0 unspecified atom stereocenters. The molecule has 0 saturated carbocycles. The number of hydrogen-bond donors (Lipinski definition) is 1. The molecule has 0 aliphatic carbocycles. The van der Waals surface area contributed by atoms with E-state index >= 15 is 0 Å². The Bertz CT molecular complexity index is 460. The molecule has 0 aliphatic rings. The second kappa shape index (κ2) is 3.46. The molecule has 3 heteroatoms. The van der Waals surface area contributed by atoms with Gasteiger partial charge in [0, 0.05) is 16.8 Å². The van der Waals surface area contributed by atoms with Crippen LogP contribution in [-0.4, -0.2) is 9.97 Å². The maximum atomic E-state index is 6.03. The van der Waals surface area contributed by atoms with Gasteiger partial charge >= 0.3 is 0 Å². The fourth-order valence-electron chi connectivity index (χ4n) is 1.42. The number of hydrogen-bond acceptors (Lipinski definition) is 1. The Hall–Kier alpha value is -1.28. The van der Waals surface area contributed by atoms with Crippen LogP contribution in [0, 0.1) is 13.8 Å². The average molecular weight is 207 g/mol. The molecule has 2 rings (SSSR count). The van der Waals surface area contributed by atoms with Gasteiger partial charge in [-0.1, -0.05) is 23.7 Å². The highest BCUT2D eigenvalue weighted by Gasteiger charge is 2.06. The van der Waals surface area contributed by atoms with Crippen LogP contribution in [0.25, 0.3) is 11.4 Å². The number of aromatic nitrogens is 2. The highest BCUT2D eigenvalue weighted by atomic mass is 35.5. The maximum absolute atomic E-state index is 6.03. The smallest absolute Gasteiger partial charge is 0.137 e. The number of aromatic amines is 1. The van der Waals surface area contributed by atoms with Gasteiger partial charge in [-0.2, -0.15) is 0 Å². The van der Waals surface area contributed by atoms with E-state index in [0.717, 1.165) is 27.7 Å². The molecule has 0 amide bonds. The van der Waals surface area contributed by atoms with Crippen LogP contribution < -0.4 is 0 Å². The van der Waals surface area contributed by atoms with E-state index in [1.165, 1.54) is 0 Å². The third kappa shape index (κ3) is 1.53. The normalized spacial score (nSPS) is 10.5. The van der Waals surface area contributed by atoms with Gasteiger partial charge in [-0.05, 0) is 25.5 Å². The summed E-state index contributed by atoms with van der Waals surface area (Å²) >= 11 is 6.03. The van der Waals surface area contributed by atoms with E-state index in [-0.39, 0.29) is 0 Å². The number of rotatable bonds is 1. The van der Waals surface area contributed by atoms with Crippen LogP contribution in [-0.2, 0) is 0 Å². The summed E-state index contributed by atoms with van der Waals surface area (Å²) in [6.07, 6.45) is 1.88. The Morgan fingerprint density at radius 1 is 1.29 bits per heavy atom. The first-order chi connectivity index (χ1) is 6.68. The largest absolute Gasteiger partial charge is 0.344 e. The van der Waals surface area contributed by atoms with Crippen molar-refractivity contribution in [2.75, 3.05) is 0 Å². The highest BCUT2D eigenvalue weighted by molar-refractivity contribution is 6.31. The van der Waals surface area contributed by atoms with Gasteiger partial charge in [0.25, 0.3) is 0 Å². The van der Waals surface area contributed by atoms with Crippen LogP contribution in [0.4, 0.5) is 0 Å². The summed E-state index contributed by atoms with van der Waals surface area (Å²) in [4.78, 5) is 7.49. The zero-order chi connectivity index (χ0) is 10.1. The van der Waals surface area contributed by atoms with Gasteiger partial charge in [-0.3, -0.25) is 0 Å². The predicted molar refractivity (Wildman–Crippen MR) is 58.5 cm³/mol. The summed E-state index contributed by atoms with van der Waals surface area (Å²) in [5, 5.41) is 0.775. The van der Waals surface area contributed by atoms with Crippen molar-refractivity contribution in [3.05, 3.63) is 40.7 Å². The van der Waals surface area contributed by atoms with Crippen LogP contribution in [0.3, 0.4) is 0 Å². The summed E-state index contributed by atoms with van der Waals surface area (Å²) in [5.74, 6) is 0.877. The summed E-state index contributed by atoms with van der Waals surface area (Å²) in [5.41, 5.74) is 3.11. The molecule has 72 valence electrons. The minimum atomic E-state index is 0.775. The van der Waals surface area contributed by atoms with E-state index in [9.17, 15) is 0 Å². The molecule has 0 fully saturated rings. The van der Waals surface area contributed by atoms with E-state index in [2.05, 4.69) is 9.97 Å². The minimum absolute atomic E-state index is 0.775. The summed E-state index contributed by atoms with van der Waals surface area (Å²) in [7, 11) is 0. The predicted octanol–water partition coefficient (Wildman–Crippen LogP) is 3.35. The molecule has 0 saturated heterocycles. The van der Waals surface area contributed by atoms with Gasteiger partial charge in [0.15, 0.2) is 0 Å². The minimum Gasteiger partial charge on any atom is -0.344 e. The van der Waals surface area contributed by atoms with Gasteiger partial charge in [0.1, 0.15) is 5.82 Å². The molecule has 1 heterocycles. The van der Waals surface area contributed by atoms with Crippen molar-refractivity contribution < 1.29 is 0 Å². The third-order valence-corrected chi connectivity index (χ3v) is 2.64. The molecule has 0 aliphatic heterocycles. The molecule has 2 aromatic rings. The van der Waals surface area contributed by atoms with Crippen LogP contribution >= 0.6 is 11.6 Å². The number of benzene rings is 1. The second-order valence-corrected chi connectivity index (χ2v) is 3.71. The molecule has 0 bridgehead atoms. The standard InChI is InChI=1S/C11H11ClN2/c1-7-6-13-11(14-7)9-4-3-5-10(12)8(9)2/h3-6H,1-2H3,(H,13,14). The number of H-pyrrole nitrogens is 1. The molecule has 14 heavy (non-hydrogen) atoms. The van der Waals surface area contributed by atoms with E-state index in [0.29, 0.717) is 0 Å². The summed E-state index contributed by atoms with van der Waals surface area (Å²) in [6, 6.07) is 5.83. The molecular formula is C11H11ClN2. The average Bonchev–Trinajstić information content (AvgIpc) is 2.57. The molecule has 1 aromatic carbocycles. The van der Waals surface area contributed by atoms with Crippen molar-refractivity contribution in [3.8, 4) is 11.4 Å². The summed E-state index contributed by atoms with van der Waals surface area (Å²) < 4.78 is 0. The zero-order valence-corrected chi connectivity index (χ0v) is 8.89. The number of halogens is 1. The van der Waals surface area contributed by atoms with Crippen molar-refractivity contribution >= 4 is 11.6 Å². The van der Waals surface area contributed by atoms with Crippen molar-refractivity contribution in [2.24, 2.45) is 0 Å². The molecule has 2 nitrogen and oxygen atoms in total. The van der Waals surface area contributed by atoms with E-state index in [4.69, 9.17) is 11.6 Å². The fraction of sp³-hybridized carbons (Fsp3) is 0.182. The van der Waals surface area contributed by atoms with Crippen molar-refractivity contribution in [1.82, 2.24) is 9.97 Å². The van der Waals surface area contributed by atoms with Gasteiger partial charge in [0.05, 0.1) is 5.69 Å². The lowest BCUT2D eigenvalue weighted by molar-refractivity contribution is 1.24. The summed E-state index contributed by atoms with van der Waals surface area (Å²) in [6.45, 7) is 3.95. The lowest BCUT2D eigenvalue weighted by atomic mass is 10.1. The lowest BCUT2D eigenvalue weighted by Crippen LogP contribution is -1.86. The zero-order valence-electron chi connectivity index (χ0n) is 8.13. The maximum Gasteiger partial charge on any atom is 0.137 e. The first kappa shape index (κ1) is 9.28. The number of nitrogens with one attached hydrogen (secondary N) is 1. The Morgan fingerprint density at radius 3 is 2.71 bits per heavy atom. The fourth-order valence-corrected chi connectivity index (χ4v) is 1.59. The van der Waals surface area contributed by atoms with Crippen molar-refractivity contribution in [3.63, 3.8) is 0 Å². The molecule has 0 radical (unpaired) electrons. The Labute approximate surface area is 88.0 Å². The first-order valence-electron chi connectivity index (χ1n) is 4.46. The molecule has 0 spiro atoms. The first-order valence-corrected chi connectivity index (χ1v) is 4.84. The number of nitrogens with zero attached hydrogens (tertiary/aromatic N) is 1. The highest BCUT2D eigenvalue weighted by Crippen LogP contribution is 2.25. The lowest BCUT2D eigenvalue weighted by Gasteiger charge is -2.03. The Morgan fingerprint density at radius 2 is 2.07 bits per heavy atom. The second-order valence-electron chi connectivity index (χ2n) is 3.30. The van der Waals surface area contributed by atoms with Gasteiger partial charge < -0.3 is 4.98 Å². The van der Waals surface area contributed by atoms with Crippen LogP contribution in [0.15, 0.2) is 24.4 Å². The van der Waals surface area contributed by atoms with E-state index in [1.807, 2.05) is 38.2 Å². The number of aryl methyl sites for hydroxylation is 1. The van der Waals surface area contributed by atoms with Crippen molar-refractivity contribution in [1.29, 1.82) is 0 Å². The van der Waals surface area contributed by atoms with Gasteiger partial charge in [-0.25, -0.2) is 4.98 Å². The van der Waals surface area contributed by atoms with Crippen molar-refractivity contribution in [2.45, 2.75) is 13.8 Å². The number of imidazole rings is 1. The van der Waals surface area contributed by atoms with E-state index < -0.39 is 0 Å². The van der Waals surface area contributed by atoms with E-state index in [1.54, 1.807) is 0 Å². The molecule has 0 atom stereocenters. The quantitative estimate of drug-likeness (QED) is 0.762. The van der Waals surface area contributed by atoms with Gasteiger partial charge in [-0.15, -0.1) is 0 Å². The van der Waals surface area contributed by atoms with Crippen LogP contribution in [0.1, 0.15) is 11.3 Å². The van der Waals surface area contributed by atoms with Gasteiger partial charge in [0.2, 0.25) is 0 Å². The van der Waals surface area contributed by atoms with Crippen LogP contribution in [0.5, 0.6) is 0 Å². The molecule has 1 N–H and O–H groups in total. The molecular weight excluding hydrogens is 196 g/mol.